The van der Waals surface area contributed by atoms with E-state index in [1.54, 1.807) is 113 Å². The van der Waals surface area contributed by atoms with Crippen molar-refractivity contribution >= 4 is 62.2 Å². The number of aromatic carboxylic acids is 1. The van der Waals surface area contributed by atoms with Crippen molar-refractivity contribution in [2.75, 3.05) is 14.2 Å². The molecule has 6 heterocycles. The molecule has 0 fully saturated rings. The van der Waals surface area contributed by atoms with E-state index in [2.05, 4.69) is 55.0 Å². The van der Waals surface area contributed by atoms with Crippen molar-refractivity contribution in [1.29, 1.82) is 0 Å². The number of methoxy groups -OCH3 is 2. The van der Waals surface area contributed by atoms with Gasteiger partial charge in [0.25, 0.3) is 11.9 Å². The maximum Gasteiger partial charge on any atom is 0.337 e. The summed E-state index contributed by atoms with van der Waals surface area (Å²) in [5.74, 6) is -0.681. The zero-order valence-electron chi connectivity index (χ0n) is 32.7. The Morgan fingerprint density at radius 1 is 0.597 bits per heavy atom. The lowest BCUT2D eigenvalue weighted by Gasteiger charge is -2.03. The molecule has 0 unspecified atom stereocenters. The number of H-pyrrole nitrogens is 1. The predicted octanol–water partition coefficient (Wildman–Crippen LogP) is 7.79. The molecule has 0 atom stereocenters. The fourth-order valence-electron chi connectivity index (χ4n) is 5.44. The molecular weight excluding hydrogens is 816 g/mol. The molecule has 0 saturated carbocycles. The Hall–Kier alpha value is -7.99. The van der Waals surface area contributed by atoms with Crippen LogP contribution >= 0.6 is 11.6 Å². The van der Waals surface area contributed by atoms with Gasteiger partial charge in [0.15, 0.2) is 0 Å². The minimum atomic E-state index is -0.957. The first-order valence-electron chi connectivity index (χ1n) is 17.8. The number of aromatic amines is 1. The number of fused-ring (bicyclic) bond motifs is 3. The van der Waals surface area contributed by atoms with Crippen LogP contribution in [0.15, 0.2) is 110 Å². The highest BCUT2D eigenvalue weighted by molar-refractivity contribution is 6.28. The van der Waals surface area contributed by atoms with Crippen LogP contribution in [0, 0.1) is 20.8 Å². The Labute approximate surface area is 360 Å². The van der Waals surface area contributed by atoms with Crippen LogP contribution in [0.2, 0.25) is 5.28 Å². The maximum absolute atomic E-state index is 11.5. The second-order valence-electron chi connectivity index (χ2n) is 12.6. The number of aromatic nitrogens is 12. The molecule has 0 radical (unpaired) electrons. The maximum atomic E-state index is 11.5. The zero-order chi connectivity index (χ0) is 42.8. The van der Waals surface area contributed by atoms with E-state index in [-0.39, 0.29) is 32.4 Å². The number of esters is 2. The topological polar surface area (TPSA) is 232 Å². The number of carbonyl (C=O) groups is 3. The molecule has 318 valence electrons. The Bertz CT molecular complexity index is 2950. The average molecular weight is 859 g/mol. The molecule has 0 saturated heterocycles. The molecule has 9 aromatic rings. The number of hydrogen-bond acceptors (Lipinski definition) is 14. The normalized spacial score (nSPS) is 10.1. The van der Waals surface area contributed by atoms with Gasteiger partial charge in [0.1, 0.15) is 0 Å². The van der Waals surface area contributed by atoms with E-state index < -0.39 is 5.97 Å². The number of ether oxygens (including phenoxy) is 2. The number of benzene rings is 3. The second-order valence-corrected chi connectivity index (χ2v) is 12.9. The third-order valence-corrected chi connectivity index (χ3v) is 8.56. The fraction of sp³-hybridized carbons (Fsp3) is 0.163. The van der Waals surface area contributed by atoms with Gasteiger partial charge >= 0.3 is 17.9 Å². The van der Waals surface area contributed by atoms with Crippen LogP contribution in [0.25, 0.3) is 44.6 Å². The summed E-state index contributed by atoms with van der Waals surface area (Å²) in [5.41, 5.74) is 6.38. The summed E-state index contributed by atoms with van der Waals surface area (Å²) in [6.07, 6.45) is 9.93. The minimum absolute atomic E-state index is 0. The Morgan fingerprint density at radius 2 is 1.05 bits per heavy atom. The number of carboxylic acid groups (broad SMARTS) is 1. The van der Waals surface area contributed by atoms with E-state index >= 15 is 0 Å². The molecule has 0 bridgehead atoms. The number of carbonyl (C=O) groups excluding carboxylic acids is 2. The number of aryl methyl sites for hydroxylation is 3. The quantitative estimate of drug-likeness (QED) is 0.124. The fourth-order valence-corrected chi connectivity index (χ4v) is 5.63. The van der Waals surface area contributed by atoms with Gasteiger partial charge < -0.3 is 14.6 Å². The van der Waals surface area contributed by atoms with E-state index in [0.717, 1.165) is 49.8 Å². The minimum Gasteiger partial charge on any atom is -0.478 e. The molecule has 9 rings (SSSR count). The summed E-state index contributed by atoms with van der Waals surface area (Å²) in [5, 5.41) is 26.9. The average Bonchev–Trinajstić information content (AvgIpc) is 4.02. The van der Waals surface area contributed by atoms with Crippen molar-refractivity contribution in [2.24, 2.45) is 0 Å². The first kappa shape index (κ1) is 46.7. The number of hydrogen-bond donors (Lipinski definition) is 2. The van der Waals surface area contributed by atoms with Gasteiger partial charge in [-0.05, 0) is 105 Å². The van der Waals surface area contributed by atoms with Gasteiger partial charge in [-0.15, -0.1) is 0 Å². The van der Waals surface area contributed by atoms with E-state index in [9.17, 15) is 14.4 Å². The van der Waals surface area contributed by atoms with Gasteiger partial charge in [-0.3, -0.25) is 5.10 Å². The van der Waals surface area contributed by atoms with Crippen molar-refractivity contribution in [2.45, 2.75) is 35.6 Å². The molecule has 62 heavy (non-hydrogen) atoms. The SMILES string of the molecule is C.C.COC(=O)c1ccc2[nH]ncc2c1.COC(=O)c1ccc2c(cnn2-c2nccc(C)n2)c1.Cc1ccnc(-n2ncc3cc(C(=O)O)ccc32)n1.Cc1ccnc(Cl)n1. The van der Waals surface area contributed by atoms with E-state index in [1.165, 1.54) is 14.2 Å². The highest BCUT2D eigenvalue weighted by Gasteiger charge is 2.13. The van der Waals surface area contributed by atoms with Crippen LogP contribution in [0.1, 0.15) is 63.0 Å². The van der Waals surface area contributed by atoms with Crippen LogP contribution in [0.5, 0.6) is 0 Å². The third-order valence-electron chi connectivity index (χ3n) is 8.37. The van der Waals surface area contributed by atoms with Crippen molar-refractivity contribution < 1.29 is 29.0 Å². The summed E-state index contributed by atoms with van der Waals surface area (Å²) in [6.45, 7) is 5.64. The molecule has 18 nitrogen and oxygen atoms in total. The zero-order valence-corrected chi connectivity index (χ0v) is 33.4. The first-order valence-corrected chi connectivity index (χ1v) is 18.2. The van der Waals surface area contributed by atoms with Gasteiger partial charge in [0.05, 0.1) is 66.1 Å². The van der Waals surface area contributed by atoms with Crippen molar-refractivity contribution in [3.8, 4) is 11.9 Å². The first-order chi connectivity index (χ1) is 28.9. The van der Waals surface area contributed by atoms with Crippen LogP contribution in [0.3, 0.4) is 0 Å². The molecular formula is C43H43ClN12O6. The lowest BCUT2D eigenvalue weighted by Crippen LogP contribution is -2.04. The van der Waals surface area contributed by atoms with Crippen LogP contribution in [-0.4, -0.2) is 96.9 Å². The highest BCUT2D eigenvalue weighted by Crippen LogP contribution is 2.20. The smallest absolute Gasteiger partial charge is 0.337 e. The molecule has 0 spiro atoms. The summed E-state index contributed by atoms with van der Waals surface area (Å²) in [6, 6.07) is 20.7. The monoisotopic (exact) mass is 858 g/mol. The van der Waals surface area contributed by atoms with Crippen LogP contribution in [0.4, 0.5) is 0 Å². The number of carboxylic acids is 1. The largest absolute Gasteiger partial charge is 0.478 e. The van der Waals surface area contributed by atoms with Crippen molar-refractivity contribution in [3.05, 3.63) is 149 Å². The van der Waals surface area contributed by atoms with Gasteiger partial charge in [-0.1, -0.05) is 14.9 Å². The molecule has 3 aromatic carbocycles. The second kappa shape index (κ2) is 21.3. The lowest BCUT2D eigenvalue weighted by atomic mass is 10.1. The Morgan fingerprint density at radius 3 is 1.50 bits per heavy atom. The molecule has 0 aliphatic rings. The summed E-state index contributed by atoms with van der Waals surface area (Å²) in [7, 11) is 2.72. The number of nitrogens with zero attached hydrogens (tertiary/aromatic N) is 11. The Kier molecular flexibility index (Phi) is 16.1. The lowest BCUT2D eigenvalue weighted by molar-refractivity contribution is 0.0592. The molecule has 6 aromatic heterocycles. The Balaban J connectivity index is 0.000000188. The standard InChI is InChI=1S/C14H12N4O2.C13H10N4O2.C9H8N2O2.C5H5ClN2.2CH4/c1-9-5-6-15-14(17-9)18-12-4-3-10(13(19)20-2)7-11(12)8-16-18;1-8-4-5-14-13(16-8)17-11-3-2-9(12(18)19)6-10(11)7-15-17;1-13-9(12)6-2-3-8-7(4-6)5-10-11-8;1-4-2-3-7-5(6)8-4;;/h3-8H,1-2H3;2-7H,1H3,(H,18,19);2-5H,1H3,(H,10,11);2-3H,1H3;2*1H4. The van der Waals surface area contributed by atoms with Crippen LogP contribution < -0.4 is 0 Å². The van der Waals surface area contributed by atoms with E-state index in [0.29, 0.717) is 28.3 Å². The summed E-state index contributed by atoms with van der Waals surface area (Å²) < 4.78 is 12.5. The summed E-state index contributed by atoms with van der Waals surface area (Å²) in [4.78, 5) is 58.1. The molecule has 2 N–H and O–H groups in total. The van der Waals surface area contributed by atoms with Gasteiger partial charge in [0.2, 0.25) is 5.28 Å². The third kappa shape index (κ3) is 11.4. The van der Waals surface area contributed by atoms with Gasteiger partial charge in [0, 0.05) is 51.8 Å². The number of nitrogens with one attached hydrogen (secondary N) is 1. The highest BCUT2D eigenvalue weighted by atomic mass is 35.5. The molecule has 0 amide bonds. The van der Waals surface area contributed by atoms with Gasteiger partial charge in [-0.2, -0.15) is 24.7 Å². The van der Waals surface area contributed by atoms with Crippen molar-refractivity contribution in [1.82, 2.24) is 59.7 Å². The molecule has 0 aliphatic carbocycles. The molecule has 0 aliphatic heterocycles. The van der Waals surface area contributed by atoms with E-state index in [4.69, 9.17) is 21.4 Å². The van der Waals surface area contributed by atoms with Crippen molar-refractivity contribution in [3.63, 3.8) is 0 Å². The number of halogens is 1. The molecule has 19 heteroatoms. The van der Waals surface area contributed by atoms with E-state index in [1.807, 2.05) is 26.8 Å². The summed E-state index contributed by atoms with van der Waals surface area (Å²) >= 11 is 5.42. The predicted molar refractivity (Wildman–Crippen MR) is 234 cm³/mol. The number of rotatable bonds is 5. The van der Waals surface area contributed by atoms with Crippen LogP contribution in [-0.2, 0) is 9.47 Å². The van der Waals surface area contributed by atoms with Gasteiger partial charge in [-0.25, -0.2) is 44.3 Å².